The molecule has 3 rings (SSSR count). The molecule has 1 atom stereocenters. The first-order valence-corrected chi connectivity index (χ1v) is 6.58. The molecule has 0 bridgehead atoms. The number of hydrogen-bond donors (Lipinski definition) is 1. The summed E-state index contributed by atoms with van der Waals surface area (Å²) in [6.45, 7) is 5.08. The van der Waals surface area contributed by atoms with Gasteiger partial charge in [-0.2, -0.15) is 4.98 Å². The lowest BCUT2D eigenvalue weighted by molar-refractivity contribution is 0.436. The highest BCUT2D eigenvalue weighted by atomic mass is 16.1. The van der Waals surface area contributed by atoms with Crippen LogP contribution in [0.4, 0.5) is 0 Å². The number of nitrogens with zero attached hydrogens (tertiary/aromatic N) is 2. The fourth-order valence-electron chi connectivity index (χ4n) is 3.16. The van der Waals surface area contributed by atoms with Crippen LogP contribution in [0.15, 0.2) is 4.79 Å². The molecule has 0 aliphatic carbocycles. The monoisotopic (exact) mass is 233 g/mol. The molecule has 4 heteroatoms. The Labute approximate surface area is 101 Å². The van der Waals surface area contributed by atoms with Crippen molar-refractivity contribution in [1.29, 1.82) is 0 Å². The highest BCUT2D eigenvalue weighted by molar-refractivity contribution is 5.24. The standard InChI is InChI=1S/C13H19N3O/c1-9-12(10-4-2-6-14-8-10)16-7-3-5-11(16)15-13(9)17/h10,14H,2-8H2,1H3/t10-/m1/s1. The molecule has 0 amide bonds. The summed E-state index contributed by atoms with van der Waals surface area (Å²) < 4.78 is 2.30. The second-order valence-electron chi connectivity index (χ2n) is 5.14. The fraction of sp³-hybridized carbons (Fsp3) is 0.692. The maximum absolute atomic E-state index is 11.9. The first-order valence-electron chi connectivity index (χ1n) is 6.58. The molecule has 1 fully saturated rings. The van der Waals surface area contributed by atoms with Gasteiger partial charge in [0.05, 0.1) is 0 Å². The van der Waals surface area contributed by atoms with Crippen LogP contribution in [0.3, 0.4) is 0 Å². The summed E-state index contributed by atoms with van der Waals surface area (Å²) in [5, 5.41) is 3.44. The van der Waals surface area contributed by atoms with Crippen LogP contribution in [-0.2, 0) is 13.0 Å². The molecule has 2 aliphatic heterocycles. The van der Waals surface area contributed by atoms with E-state index in [2.05, 4.69) is 14.9 Å². The summed E-state index contributed by atoms with van der Waals surface area (Å²) in [4.78, 5) is 16.1. The summed E-state index contributed by atoms with van der Waals surface area (Å²) in [6, 6.07) is 0. The Morgan fingerprint density at radius 3 is 3.06 bits per heavy atom. The predicted molar refractivity (Wildman–Crippen MR) is 66.4 cm³/mol. The van der Waals surface area contributed by atoms with Crippen LogP contribution in [-0.4, -0.2) is 22.6 Å². The van der Waals surface area contributed by atoms with Crippen molar-refractivity contribution >= 4 is 0 Å². The minimum Gasteiger partial charge on any atom is -0.333 e. The van der Waals surface area contributed by atoms with Gasteiger partial charge < -0.3 is 9.88 Å². The zero-order chi connectivity index (χ0) is 11.8. The largest absolute Gasteiger partial charge is 0.333 e. The Balaban J connectivity index is 2.10. The van der Waals surface area contributed by atoms with Crippen molar-refractivity contribution in [2.24, 2.45) is 0 Å². The van der Waals surface area contributed by atoms with Crippen LogP contribution >= 0.6 is 0 Å². The van der Waals surface area contributed by atoms with E-state index < -0.39 is 0 Å². The zero-order valence-electron chi connectivity index (χ0n) is 10.3. The van der Waals surface area contributed by atoms with Gasteiger partial charge in [0, 0.05) is 36.7 Å². The molecule has 3 heterocycles. The van der Waals surface area contributed by atoms with E-state index in [0.29, 0.717) is 5.92 Å². The van der Waals surface area contributed by atoms with Crippen LogP contribution in [0, 0.1) is 6.92 Å². The van der Waals surface area contributed by atoms with Gasteiger partial charge >= 0.3 is 0 Å². The summed E-state index contributed by atoms with van der Waals surface area (Å²) >= 11 is 0. The number of rotatable bonds is 1. The highest BCUT2D eigenvalue weighted by Crippen LogP contribution is 2.27. The van der Waals surface area contributed by atoms with E-state index in [-0.39, 0.29) is 5.56 Å². The van der Waals surface area contributed by atoms with Gasteiger partial charge in [-0.1, -0.05) is 0 Å². The third-order valence-corrected chi connectivity index (χ3v) is 4.00. The van der Waals surface area contributed by atoms with Crippen LogP contribution < -0.4 is 10.9 Å². The van der Waals surface area contributed by atoms with Crippen molar-refractivity contribution in [2.75, 3.05) is 13.1 Å². The minimum absolute atomic E-state index is 0.0151. The number of aromatic nitrogens is 2. The quantitative estimate of drug-likeness (QED) is 0.786. The zero-order valence-corrected chi connectivity index (χ0v) is 10.3. The molecular formula is C13H19N3O. The average Bonchev–Trinajstić information content (AvgIpc) is 2.79. The van der Waals surface area contributed by atoms with Gasteiger partial charge in [0.2, 0.25) is 0 Å². The number of hydrogen-bond acceptors (Lipinski definition) is 3. The van der Waals surface area contributed by atoms with Crippen LogP contribution in [0.2, 0.25) is 0 Å². The van der Waals surface area contributed by atoms with E-state index >= 15 is 0 Å². The van der Waals surface area contributed by atoms with Crippen LogP contribution in [0.25, 0.3) is 0 Å². The Hall–Kier alpha value is -1.16. The maximum Gasteiger partial charge on any atom is 0.276 e. The van der Waals surface area contributed by atoms with Gasteiger partial charge in [-0.15, -0.1) is 0 Å². The van der Waals surface area contributed by atoms with E-state index in [1.54, 1.807) is 0 Å². The van der Waals surface area contributed by atoms with Crippen molar-refractivity contribution in [3.8, 4) is 0 Å². The highest BCUT2D eigenvalue weighted by Gasteiger charge is 2.25. The topological polar surface area (TPSA) is 46.9 Å². The summed E-state index contributed by atoms with van der Waals surface area (Å²) in [7, 11) is 0. The van der Waals surface area contributed by atoms with Crippen molar-refractivity contribution in [3.05, 3.63) is 27.4 Å². The number of aryl methyl sites for hydroxylation is 1. The van der Waals surface area contributed by atoms with Crippen LogP contribution in [0.5, 0.6) is 0 Å². The minimum atomic E-state index is -0.0151. The fourth-order valence-corrected chi connectivity index (χ4v) is 3.16. The molecule has 92 valence electrons. The molecule has 2 aliphatic rings. The molecule has 17 heavy (non-hydrogen) atoms. The molecule has 1 saturated heterocycles. The lowest BCUT2D eigenvalue weighted by Crippen LogP contribution is -2.33. The third kappa shape index (κ3) is 1.80. The number of nitrogens with one attached hydrogen (secondary N) is 1. The lowest BCUT2D eigenvalue weighted by atomic mass is 9.93. The number of fused-ring (bicyclic) bond motifs is 1. The van der Waals surface area contributed by atoms with E-state index in [1.807, 2.05) is 6.92 Å². The second kappa shape index (κ2) is 4.26. The normalized spacial score (nSPS) is 23.7. The predicted octanol–water partition coefficient (Wildman–Crippen LogP) is 0.965. The first-order chi connectivity index (χ1) is 8.27. The molecular weight excluding hydrogens is 214 g/mol. The first kappa shape index (κ1) is 11.0. The summed E-state index contributed by atoms with van der Waals surface area (Å²) in [5.41, 5.74) is 2.10. The Morgan fingerprint density at radius 2 is 2.29 bits per heavy atom. The van der Waals surface area contributed by atoms with E-state index in [0.717, 1.165) is 43.9 Å². The summed E-state index contributed by atoms with van der Waals surface area (Å²) in [5.74, 6) is 1.50. The van der Waals surface area contributed by atoms with E-state index in [1.165, 1.54) is 18.5 Å². The van der Waals surface area contributed by atoms with Gasteiger partial charge in [-0.3, -0.25) is 4.79 Å². The van der Waals surface area contributed by atoms with Crippen molar-refractivity contribution in [2.45, 2.75) is 45.1 Å². The van der Waals surface area contributed by atoms with Gasteiger partial charge in [-0.25, -0.2) is 0 Å². The molecule has 4 nitrogen and oxygen atoms in total. The van der Waals surface area contributed by atoms with Gasteiger partial charge in [0.15, 0.2) is 0 Å². The van der Waals surface area contributed by atoms with Gasteiger partial charge in [-0.05, 0) is 32.7 Å². The third-order valence-electron chi connectivity index (χ3n) is 4.00. The SMILES string of the molecule is Cc1c([C@@H]2CCCNC2)n2c(nc1=O)CCC2. The Morgan fingerprint density at radius 1 is 1.41 bits per heavy atom. The van der Waals surface area contributed by atoms with Crippen molar-refractivity contribution in [3.63, 3.8) is 0 Å². The Bertz CT molecular complexity index is 486. The molecule has 1 aromatic rings. The smallest absolute Gasteiger partial charge is 0.276 e. The number of piperidine rings is 1. The molecule has 0 aromatic carbocycles. The van der Waals surface area contributed by atoms with Gasteiger partial charge in [0.1, 0.15) is 5.82 Å². The summed E-state index contributed by atoms with van der Waals surface area (Å²) in [6.07, 6.45) is 4.48. The molecule has 0 saturated carbocycles. The average molecular weight is 233 g/mol. The van der Waals surface area contributed by atoms with Crippen molar-refractivity contribution in [1.82, 2.24) is 14.9 Å². The van der Waals surface area contributed by atoms with Gasteiger partial charge in [0.25, 0.3) is 5.56 Å². The lowest BCUT2D eigenvalue weighted by Gasteiger charge is -2.27. The molecule has 1 N–H and O–H groups in total. The van der Waals surface area contributed by atoms with Crippen LogP contribution in [0.1, 0.15) is 42.3 Å². The molecule has 1 aromatic heterocycles. The maximum atomic E-state index is 11.9. The molecule has 0 radical (unpaired) electrons. The Kier molecular flexibility index (Phi) is 2.74. The van der Waals surface area contributed by atoms with E-state index in [4.69, 9.17) is 0 Å². The molecule has 0 unspecified atom stereocenters. The molecule has 0 spiro atoms. The van der Waals surface area contributed by atoms with Crippen molar-refractivity contribution < 1.29 is 0 Å². The second-order valence-corrected chi connectivity index (χ2v) is 5.14. The van der Waals surface area contributed by atoms with E-state index in [9.17, 15) is 4.79 Å².